The van der Waals surface area contributed by atoms with Gasteiger partial charge in [0.2, 0.25) is 15.9 Å². The van der Waals surface area contributed by atoms with Gasteiger partial charge in [-0.1, -0.05) is 18.2 Å². The second-order valence-corrected chi connectivity index (χ2v) is 10.4. The van der Waals surface area contributed by atoms with E-state index in [1.165, 1.54) is 9.99 Å². The maximum Gasteiger partial charge on any atom is 0.243 e. The Kier molecular flexibility index (Phi) is 7.01. The highest BCUT2D eigenvalue weighted by atomic mass is 32.2. The second-order valence-electron chi connectivity index (χ2n) is 8.46. The molecule has 2 fully saturated rings. The van der Waals surface area contributed by atoms with Crippen LogP contribution < -0.4 is 15.0 Å². The fourth-order valence-corrected chi connectivity index (χ4v) is 5.98. The summed E-state index contributed by atoms with van der Waals surface area (Å²) < 4.78 is 32.3. The maximum atomic E-state index is 12.8. The monoisotopic (exact) mass is 457 g/mol. The Hall–Kier alpha value is -2.58. The molecule has 8 heteroatoms. The molecule has 172 valence electrons. The molecule has 32 heavy (non-hydrogen) atoms. The molecule has 2 heterocycles. The minimum absolute atomic E-state index is 0.0599. The molecule has 0 bridgehead atoms. The summed E-state index contributed by atoms with van der Waals surface area (Å²) in [6.07, 6.45) is 2.92. The number of ether oxygens (including phenoxy) is 1. The van der Waals surface area contributed by atoms with Gasteiger partial charge in [-0.3, -0.25) is 4.79 Å². The van der Waals surface area contributed by atoms with E-state index in [2.05, 4.69) is 22.3 Å². The van der Waals surface area contributed by atoms with E-state index in [9.17, 15) is 13.2 Å². The number of amides is 1. The fraction of sp³-hybridized carbons (Fsp3) is 0.458. The van der Waals surface area contributed by atoms with Crippen LogP contribution in [0.15, 0.2) is 59.5 Å². The van der Waals surface area contributed by atoms with Crippen molar-refractivity contribution >= 4 is 21.6 Å². The van der Waals surface area contributed by atoms with Crippen molar-refractivity contribution in [3.63, 3.8) is 0 Å². The number of nitrogens with one attached hydrogen (secondary N) is 1. The van der Waals surface area contributed by atoms with Crippen molar-refractivity contribution in [1.29, 1.82) is 0 Å². The smallest absolute Gasteiger partial charge is 0.243 e. The van der Waals surface area contributed by atoms with E-state index < -0.39 is 10.0 Å². The highest BCUT2D eigenvalue weighted by molar-refractivity contribution is 7.89. The lowest BCUT2D eigenvalue weighted by molar-refractivity contribution is -0.127. The maximum absolute atomic E-state index is 12.8. The number of rotatable bonds is 6. The summed E-state index contributed by atoms with van der Waals surface area (Å²) in [7, 11) is -1.83. The van der Waals surface area contributed by atoms with Crippen LogP contribution >= 0.6 is 0 Å². The van der Waals surface area contributed by atoms with Crippen molar-refractivity contribution in [3.8, 4) is 5.75 Å². The van der Waals surface area contributed by atoms with Gasteiger partial charge in [0.1, 0.15) is 5.75 Å². The number of carbonyl (C=O) groups excluding carboxylic acids is 1. The summed E-state index contributed by atoms with van der Waals surface area (Å²) in [6, 6.07) is 16.7. The van der Waals surface area contributed by atoms with Crippen LogP contribution in [0, 0.1) is 5.92 Å². The van der Waals surface area contributed by atoms with E-state index in [0.29, 0.717) is 30.8 Å². The van der Waals surface area contributed by atoms with Crippen molar-refractivity contribution in [1.82, 2.24) is 9.62 Å². The lowest BCUT2D eigenvalue weighted by Crippen LogP contribution is -2.48. The van der Waals surface area contributed by atoms with Crippen molar-refractivity contribution in [2.24, 2.45) is 5.92 Å². The normalized spacial score (nSPS) is 19.0. The number of piperidine rings is 2. The van der Waals surface area contributed by atoms with E-state index in [0.717, 1.165) is 31.7 Å². The largest absolute Gasteiger partial charge is 0.497 e. The van der Waals surface area contributed by atoms with Crippen LogP contribution in [0.1, 0.15) is 25.7 Å². The molecule has 2 aromatic carbocycles. The van der Waals surface area contributed by atoms with Crippen LogP contribution in [0.2, 0.25) is 0 Å². The number of nitrogens with zero attached hydrogens (tertiary/aromatic N) is 2. The molecular weight excluding hydrogens is 426 g/mol. The molecule has 0 saturated carbocycles. The Morgan fingerprint density at radius 2 is 1.53 bits per heavy atom. The third kappa shape index (κ3) is 5.07. The van der Waals surface area contributed by atoms with Gasteiger partial charge in [-0.05, 0) is 62.1 Å². The Morgan fingerprint density at radius 1 is 0.906 bits per heavy atom. The van der Waals surface area contributed by atoms with Crippen LogP contribution in [0.5, 0.6) is 5.75 Å². The van der Waals surface area contributed by atoms with Crippen LogP contribution in [-0.4, -0.2) is 58.0 Å². The summed E-state index contributed by atoms with van der Waals surface area (Å²) in [4.78, 5) is 15.4. The highest BCUT2D eigenvalue weighted by Crippen LogP contribution is 2.26. The predicted molar refractivity (Wildman–Crippen MR) is 124 cm³/mol. The molecule has 0 atom stereocenters. The Balaban J connectivity index is 1.24. The van der Waals surface area contributed by atoms with E-state index in [-0.39, 0.29) is 17.9 Å². The molecular formula is C24H31N3O4S. The van der Waals surface area contributed by atoms with Crippen molar-refractivity contribution in [2.45, 2.75) is 36.6 Å². The SMILES string of the molecule is COc1ccc(N2CCC(NC(=O)C3CCN(S(=O)(=O)c4ccccc4)CC3)CC2)cc1. The zero-order valence-electron chi connectivity index (χ0n) is 18.4. The van der Waals surface area contributed by atoms with Crippen molar-refractivity contribution < 1.29 is 17.9 Å². The first kappa shape index (κ1) is 22.6. The summed E-state index contributed by atoms with van der Waals surface area (Å²) in [5.74, 6) is 0.778. The Bertz CT molecular complexity index is 995. The quantitative estimate of drug-likeness (QED) is 0.722. The van der Waals surface area contributed by atoms with Crippen LogP contribution in [0.25, 0.3) is 0 Å². The molecule has 7 nitrogen and oxygen atoms in total. The molecule has 0 aromatic heterocycles. The first-order valence-corrected chi connectivity index (χ1v) is 12.7. The molecule has 0 radical (unpaired) electrons. The zero-order chi connectivity index (χ0) is 22.6. The molecule has 0 aliphatic carbocycles. The number of sulfonamides is 1. The second kappa shape index (κ2) is 9.92. The summed E-state index contributed by atoms with van der Waals surface area (Å²) in [5.41, 5.74) is 1.17. The van der Waals surface area contributed by atoms with Gasteiger partial charge < -0.3 is 15.0 Å². The number of benzene rings is 2. The minimum atomic E-state index is -3.49. The molecule has 2 aromatic rings. The van der Waals surface area contributed by atoms with E-state index >= 15 is 0 Å². The lowest BCUT2D eigenvalue weighted by atomic mass is 9.95. The van der Waals surface area contributed by atoms with Crippen molar-refractivity contribution in [2.75, 3.05) is 38.2 Å². The average molecular weight is 458 g/mol. The Labute approximate surface area is 190 Å². The number of carbonyl (C=O) groups is 1. The van der Waals surface area contributed by atoms with Crippen LogP contribution in [0.4, 0.5) is 5.69 Å². The molecule has 1 N–H and O–H groups in total. The van der Waals surface area contributed by atoms with Gasteiger partial charge in [0, 0.05) is 43.8 Å². The topological polar surface area (TPSA) is 79.0 Å². The molecule has 1 amide bonds. The lowest BCUT2D eigenvalue weighted by Gasteiger charge is -2.35. The first-order valence-electron chi connectivity index (χ1n) is 11.2. The molecule has 0 spiro atoms. The standard InChI is InChI=1S/C24H31N3O4S/c1-31-22-9-7-21(8-10-22)26-15-13-20(14-16-26)25-24(28)19-11-17-27(18-12-19)32(29,30)23-5-3-2-4-6-23/h2-10,19-20H,11-18H2,1H3,(H,25,28). The zero-order valence-corrected chi connectivity index (χ0v) is 19.3. The van der Waals surface area contributed by atoms with E-state index in [1.807, 2.05) is 12.1 Å². The number of methoxy groups -OCH3 is 1. The summed E-state index contributed by atoms with van der Waals surface area (Å²) in [6.45, 7) is 2.55. The highest BCUT2D eigenvalue weighted by Gasteiger charge is 2.33. The van der Waals surface area contributed by atoms with Gasteiger partial charge in [-0.2, -0.15) is 4.31 Å². The summed E-state index contributed by atoms with van der Waals surface area (Å²) >= 11 is 0. The molecule has 2 saturated heterocycles. The number of hydrogen-bond acceptors (Lipinski definition) is 5. The third-order valence-corrected chi connectivity index (χ3v) is 8.40. The Morgan fingerprint density at radius 3 is 2.12 bits per heavy atom. The molecule has 2 aliphatic heterocycles. The number of hydrogen-bond donors (Lipinski definition) is 1. The van der Waals surface area contributed by atoms with Crippen LogP contribution in [-0.2, 0) is 14.8 Å². The van der Waals surface area contributed by atoms with Gasteiger partial charge >= 0.3 is 0 Å². The van der Waals surface area contributed by atoms with Crippen LogP contribution in [0.3, 0.4) is 0 Å². The van der Waals surface area contributed by atoms with E-state index in [1.54, 1.807) is 37.4 Å². The van der Waals surface area contributed by atoms with Gasteiger partial charge in [-0.25, -0.2) is 8.42 Å². The van der Waals surface area contributed by atoms with Gasteiger partial charge in [0.15, 0.2) is 0 Å². The molecule has 0 unspecified atom stereocenters. The molecule has 4 rings (SSSR count). The van der Waals surface area contributed by atoms with Gasteiger partial charge in [0.05, 0.1) is 12.0 Å². The van der Waals surface area contributed by atoms with Gasteiger partial charge in [0.25, 0.3) is 0 Å². The minimum Gasteiger partial charge on any atom is -0.497 e. The van der Waals surface area contributed by atoms with E-state index in [4.69, 9.17) is 4.74 Å². The van der Waals surface area contributed by atoms with Crippen molar-refractivity contribution in [3.05, 3.63) is 54.6 Å². The fourth-order valence-electron chi connectivity index (χ4n) is 4.49. The molecule has 2 aliphatic rings. The summed E-state index contributed by atoms with van der Waals surface area (Å²) in [5, 5.41) is 3.21. The van der Waals surface area contributed by atoms with Gasteiger partial charge in [-0.15, -0.1) is 0 Å². The first-order chi connectivity index (χ1) is 15.5. The average Bonchev–Trinajstić information content (AvgIpc) is 2.85. The number of anilines is 1. The predicted octanol–water partition coefficient (Wildman–Crippen LogP) is 2.88. The third-order valence-electron chi connectivity index (χ3n) is 6.48.